The predicted octanol–water partition coefficient (Wildman–Crippen LogP) is 3.49. The molecule has 3 rings (SSSR count). The van der Waals surface area contributed by atoms with Gasteiger partial charge in [-0.05, 0) is 18.1 Å². The summed E-state index contributed by atoms with van der Waals surface area (Å²) < 4.78 is 2.19. The van der Waals surface area contributed by atoms with Gasteiger partial charge in [-0.2, -0.15) is 0 Å². The Hall–Kier alpha value is -1.65. The highest BCUT2D eigenvalue weighted by molar-refractivity contribution is 7.11. The number of aryl methyl sites for hydroxylation is 2. The molecule has 1 aromatic carbocycles. The maximum absolute atomic E-state index is 4.44. The summed E-state index contributed by atoms with van der Waals surface area (Å²) >= 11 is 1.80. The van der Waals surface area contributed by atoms with E-state index < -0.39 is 0 Å². The summed E-state index contributed by atoms with van der Waals surface area (Å²) in [5.41, 5.74) is 2.63. The van der Waals surface area contributed by atoms with E-state index in [1.165, 1.54) is 26.4 Å². The third-order valence-electron chi connectivity index (χ3n) is 3.52. The number of nitrogens with zero attached hydrogens (tertiary/aromatic N) is 2. The Morgan fingerprint density at radius 3 is 2.90 bits per heavy atom. The SMILES string of the molecule is CCc1cnc(CNCc2cn(C)c3ccccc23)s1. The minimum Gasteiger partial charge on any atom is -0.350 e. The van der Waals surface area contributed by atoms with E-state index in [9.17, 15) is 0 Å². The zero-order chi connectivity index (χ0) is 13.9. The molecule has 0 radical (unpaired) electrons. The monoisotopic (exact) mass is 285 g/mol. The number of rotatable bonds is 5. The Balaban J connectivity index is 1.68. The van der Waals surface area contributed by atoms with Crippen LogP contribution < -0.4 is 5.32 Å². The summed E-state index contributed by atoms with van der Waals surface area (Å²) in [5, 5.41) is 5.99. The smallest absolute Gasteiger partial charge is 0.107 e. The topological polar surface area (TPSA) is 29.9 Å². The fourth-order valence-electron chi connectivity index (χ4n) is 2.46. The summed E-state index contributed by atoms with van der Waals surface area (Å²) in [6, 6.07) is 8.53. The van der Waals surface area contributed by atoms with E-state index >= 15 is 0 Å². The van der Waals surface area contributed by atoms with Crippen LogP contribution in [-0.4, -0.2) is 9.55 Å². The third-order valence-corrected chi connectivity index (χ3v) is 4.66. The molecule has 3 nitrogen and oxygen atoms in total. The number of fused-ring (bicyclic) bond motifs is 1. The first kappa shape index (κ1) is 13.3. The molecule has 0 bridgehead atoms. The van der Waals surface area contributed by atoms with E-state index in [0.717, 1.165) is 19.5 Å². The molecule has 0 fully saturated rings. The molecule has 20 heavy (non-hydrogen) atoms. The van der Waals surface area contributed by atoms with Crippen LogP contribution in [0.5, 0.6) is 0 Å². The fourth-order valence-corrected chi connectivity index (χ4v) is 3.30. The molecule has 0 spiro atoms. The van der Waals surface area contributed by atoms with Crippen molar-refractivity contribution in [2.75, 3.05) is 0 Å². The summed E-state index contributed by atoms with van der Waals surface area (Å²) in [4.78, 5) is 5.79. The van der Waals surface area contributed by atoms with Crippen LogP contribution in [0.3, 0.4) is 0 Å². The van der Waals surface area contributed by atoms with Gasteiger partial charge in [0.05, 0.1) is 0 Å². The van der Waals surface area contributed by atoms with E-state index in [0.29, 0.717) is 0 Å². The first-order chi connectivity index (χ1) is 9.78. The van der Waals surface area contributed by atoms with E-state index in [1.807, 2.05) is 6.20 Å². The largest absolute Gasteiger partial charge is 0.350 e. The van der Waals surface area contributed by atoms with Crippen LogP contribution in [0.15, 0.2) is 36.7 Å². The van der Waals surface area contributed by atoms with Crippen molar-refractivity contribution in [3.8, 4) is 0 Å². The van der Waals surface area contributed by atoms with Gasteiger partial charge in [-0.3, -0.25) is 0 Å². The van der Waals surface area contributed by atoms with Gasteiger partial charge >= 0.3 is 0 Å². The Morgan fingerprint density at radius 1 is 1.25 bits per heavy atom. The quantitative estimate of drug-likeness (QED) is 0.777. The molecule has 0 aliphatic heterocycles. The first-order valence-corrected chi connectivity index (χ1v) is 7.77. The second kappa shape index (κ2) is 5.77. The van der Waals surface area contributed by atoms with Gasteiger partial charge < -0.3 is 9.88 Å². The van der Waals surface area contributed by atoms with Gasteiger partial charge in [0.25, 0.3) is 0 Å². The highest BCUT2D eigenvalue weighted by atomic mass is 32.1. The first-order valence-electron chi connectivity index (χ1n) is 6.95. The van der Waals surface area contributed by atoms with Gasteiger partial charge in [0.15, 0.2) is 0 Å². The number of hydrogen-bond acceptors (Lipinski definition) is 3. The maximum atomic E-state index is 4.44. The average Bonchev–Trinajstić information content (AvgIpc) is 3.05. The molecule has 4 heteroatoms. The van der Waals surface area contributed by atoms with Crippen LogP contribution in [0.4, 0.5) is 0 Å². The lowest BCUT2D eigenvalue weighted by molar-refractivity contribution is 0.691. The van der Waals surface area contributed by atoms with E-state index in [4.69, 9.17) is 0 Å². The highest BCUT2D eigenvalue weighted by Gasteiger charge is 2.06. The van der Waals surface area contributed by atoms with Crippen LogP contribution in [0, 0.1) is 0 Å². The van der Waals surface area contributed by atoms with Crippen molar-refractivity contribution in [2.45, 2.75) is 26.4 Å². The van der Waals surface area contributed by atoms with Crippen molar-refractivity contribution in [2.24, 2.45) is 7.05 Å². The number of para-hydroxylation sites is 1. The highest BCUT2D eigenvalue weighted by Crippen LogP contribution is 2.20. The number of nitrogens with one attached hydrogen (secondary N) is 1. The molecule has 0 atom stereocenters. The molecule has 2 heterocycles. The van der Waals surface area contributed by atoms with Gasteiger partial charge in [0.2, 0.25) is 0 Å². The molecule has 0 saturated carbocycles. The standard InChI is InChI=1S/C16H19N3S/c1-3-13-9-18-16(20-13)10-17-8-12-11-19(2)15-7-5-4-6-14(12)15/h4-7,9,11,17H,3,8,10H2,1-2H3. The van der Waals surface area contributed by atoms with E-state index in [-0.39, 0.29) is 0 Å². The molecular formula is C16H19N3S. The minimum absolute atomic E-state index is 0.841. The summed E-state index contributed by atoms with van der Waals surface area (Å²) in [5.74, 6) is 0. The minimum atomic E-state index is 0.841. The summed E-state index contributed by atoms with van der Waals surface area (Å²) in [6.45, 7) is 3.89. The van der Waals surface area contributed by atoms with Crippen LogP contribution in [-0.2, 0) is 26.6 Å². The Morgan fingerprint density at radius 2 is 2.10 bits per heavy atom. The molecule has 104 valence electrons. The van der Waals surface area contributed by atoms with Gasteiger partial charge in [0, 0.05) is 48.3 Å². The van der Waals surface area contributed by atoms with Crippen LogP contribution >= 0.6 is 11.3 Å². The van der Waals surface area contributed by atoms with Crippen molar-refractivity contribution in [3.05, 3.63) is 52.1 Å². The molecule has 0 aliphatic rings. The number of benzene rings is 1. The lowest BCUT2D eigenvalue weighted by atomic mass is 10.2. The average molecular weight is 285 g/mol. The lowest BCUT2D eigenvalue weighted by Gasteiger charge is -2.01. The van der Waals surface area contributed by atoms with Crippen molar-refractivity contribution in [1.82, 2.24) is 14.9 Å². The molecule has 0 saturated heterocycles. The van der Waals surface area contributed by atoms with Gasteiger partial charge in [-0.15, -0.1) is 11.3 Å². The Kier molecular flexibility index (Phi) is 3.85. The zero-order valence-electron chi connectivity index (χ0n) is 11.9. The van der Waals surface area contributed by atoms with Crippen LogP contribution in [0.1, 0.15) is 22.4 Å². The van der Waals surface area contributed by atoms with Gasteiger partial charge in [-0.1, -0.05) is 25.1 Å². The van der Waals surface area contributed by atoms with Crippen molar-refractivity contribution >= 4 is 22.2 Å². The summed E-state index contributed by atoms with van der Waals surface area (Å²) in [6.07, 6.45) is 5.26. The zero-order valence-corrected chi connectivity index (χ0v) is 12.7. The molecule has 0 unspecified atom stereocenters. The number of aromatic nitrogens is 2. The van der Waals surface area contributed by atoms with Crippen molar-refractivity contribution in [1.29, 1.82) is 0 Å². The fraction of sp³-hybridized carbons (Fsp3) is 0.312. The third kappa shape index (κ3) is 2.62. The van der Waals surface area contributed by atoms with E-state index in [2.05, 4.69) is 59.3 Å². The number of thiazole rings is 1. The Bertz CT molecular complexity index is 711. The molecule has 0 aliphatic carbocycles. The van der Waals surface area contributed by atoms with Crippen LogP contribution in [0.25, 0.3) is 10.9 Å². The van der Waals surface area contributed by atoms with Crippen molar-refractivity contribution < 1.29 is 0 Å². The van der Waals surface area contributed by atoms with Crippen molar-refractivity contribution in [3.63, 3.8) is 0 Å². The second-order valence-corrected chi connectivity index (χ2v) is 6.16. The Labute approximate surface area is 123 Å². The molecule has 3 aromatic rings. The maximum Gasteiger partial charge on any atom is 0.107 e. The second-order valence-electron chi connectivity index (χ2n) is 4.96. The van der Waals surface area contributed by atoms with Crippen LogP contribution in [0.2, 0.25) is 0 Å². The lowest BCUT2D eigenvalue weighted by Crippen LogP contribution is -2.12. The molecule has 0 amide bonds. The molecule has 1 N–H and O–H groups in total. The number of hydrogen-bond donors (Lipinski definition) is 1. The van der Waals surface area contributed by atoms with Gasteiger partial charge in [0.1, 0.15) is 5.01 Å². The van der Waals surface area contributed by atoms with Gasteiger partial charge in [-0.25, -0.2) is 4.98 Å². The summed E-state index contributed by atoms with van der Waals surface area (Å²) in [7, 11) is 2.10. The molecule has 2 aromatic heterocycles. The van der Waals surface area contributed by atoms with E-state index in [1.54, 1.807) is 11.3 Å². The predicted molar refractivity (Wildman–Crippen MR) is 85.0 cm³/mol. The molecular weight excluding hydrogens is 266 g/mol. The normalized spacial score (nSPS) is 11.3.